The summed E-state index contributed by atoms with van der Waals surface area (Å²) < 4.78 is 1.32. The minimum absolute atomic E-state index is 0.837. The van der Waals surface area contributed by atoms with Gasteiger partial charge in [0.1, 0.15) is 0 Å². The summed E-state index contributed by atoms with van der Waals surface area (Å²) in [5, 5.41) is 0. The molecule has 0 amide bonds. The molecule has 0 N–H and O–H groups in total. The Balaban J connectivity index is 2.33. The quantitative estimate of drug-likeness (QED) is 0.726. The Kier molecular flexibility index (Phi) is 4.78. The molecule has 0 saturated carbocycles. The molecule has 1 aromatic carbocycles. The summed E-state index contributed by atoms with van der Waals surface area (Å²) in [6.45, 7) is 4.57. The van der Waals surface area contributed by atoms with Crippen molar-refractivity contribution < 1.29 is 0 Å². The minimum atomic E-state index is 0.837. The average molecular weight is 288 g/mol. The van der Waals surface area contributed by atoms with Crippen LogP contribution >= 0.6 is 22.6 Å². The predicted octanol–water partition coefficient (Wildman–Crippen LogP) is 4.27. The highest BCUT2D eigenvalue weighted by molar-refractivity contribution is 14.1. The molecule has 0 fully saturated rings. The van der Waals surface area contributed by atoms with Crippen molar-refractivity contribution in [3.8, 4) is 0 Å². The monoisotopic (exact) mass is 288 g/mol. The second-order valence-electron chi connectivity index (χ2n) is 3.91. The van der Waals surface area contributed by atoms with Crippen molar-refractivity contribution in [1.29, 1.82) is 0 Å². The first-order valence-electron chi connectivity index (χ1n) is 4.93. The first-order valence-corrected chi connectivity index (χ1v) is 6.01. The van der Waals surface area contributed by atoms with Gasteiger partial charge in [0.05, 0.1) is 0 Å². The van der Waals surface area contributed by atoms with E-state index in [1.54, 1.807) is 0 Å². The van der Waals surface area contributed by atoms with Crippen LogP contribution in [0.5, 0.6) is 0 Å². The standard InChI is InChI=1S/C12H17I/c1-10(2)4-3-5-11-6-8-12(13)9-7-11/h6-10H,3-5H2,1-2H3. The molecule has 0 nitrogen and oxygen atoms in total. The van der Waals surface area contributed by atoms with E-state index in [0.717, 1.165) is 5.92 Å². The number of benzene rings is 1. The zero-order chi connectivity index (χ0) is 9.68. The molecule has 0 bridgehead atoms. The molecule has 0 aliphatic heterocycles. The third-order valence-electron chi connectivity index (χ3n) is 2.16. The first-order chi connectivity index (χ1) is 6.18. The molecule has 0 unspecified atom stereocenters. The van der Waals surface area contributed by atoms with Crippen molar-refractivity contribution in [2.24, 2.45) is 5.92 Å². The van der Waals surface area contributed by atoms with E-state index in [1.807, 2.05) is 0 Å². The fourth-order valence-corrected chi connectivity index (χ4v) is 1.73. The van der Waals surface area contributed by atoms with Crippen LogP contribution in [0.25, 0.3) is 0 Å². The lowest BCUT2D eigenvalue weighted by Crippen LogP contribution is -1.90. The van der Waals surface area contributed by atoms with E-state index < -0.39 is 0 Å². The normalized spacial score (nSPS) is 10.8. The molecule has 0 radical (unpaired) electrons. The summed E-state index contributed by atoms with van der Waals surface area (Å²) in [6.07, 6.45) is 3.89. The van der Waals surface area contributed by atoms with Crippen molar-refractivity contribution in [2.45, 2.75) is 33.1 Å². The van der Waals surface area contributed by atoms with Crippen molar-refractivity contribution in [2.75, 3.05) is 0 Å². The number of hydrogen-bond acceptors (Lipinski definition) is 0. The Labute approximate surface area is 94.9 Å². The van der Waals surface area contributed by atoms with Gasteiger partial charge < -0.3 is 0 Å². The van der Waals surface area contributed by atoms with Crippen LogP contribution in [0.4, 0.5) is 0 Å². The van der Waals surface area contributed by atoms with Gasteiger partial charge in [-0.3, -0.25) is 0 Å². The van der Waals surface area contributed by atoms with Crippen molar-refractivity contribution >= 4 is 22.6 Å². The maximum absolute atomic E-state index is 2.34. The lowest BCUT2D eigenvalue weighted by Gasteiger charge is -2.04. The second kappa shape index (κ2) is 5.63. The van der Waals surface area contributed by atoms with E-state index in [-0.39, 0.29) is 0 Å². The third kappa shape index (κ3) is 4.65. The Morgan fingerprint density at radius 1 is 1.15 bits per heavy atom. The summed E-state index contributed by atoms with van der Waals surface area (Å²) in [4.78, 5) is 0. The fourth-order valence-electron chi connectivity index (χ4n) is 1.37. The molecule has 0 heterocycles. The van der Waals surface area contributed by atoms with Gasteiger partial charge in [-0.1, -0.05) is 32.4 Å². The van der Waals surface area contributed by atoms with Crippen LogP contribution in [0.2, 0.25) is 0 Å². The van der Waals surface area contributed by atoms with Crippen LogP contribution < -0.4 is 0 Å². The summed E-state index contributed by atoms with van der Waals surface area (Å²) in [7, 11) is 0. The third-order valence-corrected chi connectivity index (χ3v) is 2.88. The van der Waals surface area contributed by atoms with Crippen molar-refractivity contribution in [1.82, 2.24) is 0 Å². The average Bonchev–Trinajstić information content (AvgIpc) is 2.08. The number of hydrogen-bond donors (Lipinski definition) is 0. The summed E-state index contributed by atoms with van der Waals surface area (Å²) in [6, 6.07) is 8.85. The summed E-state index contributed by atoms with van der Waals surface area (Å²) >= 11 is 2.34. The van der Waals surface area contributed by atoms with E-state index in [9.17, 15) is 0 Å². The van der Waals surface area contributed by atoms with E-state index in [4.69, 9.17) is 0 Å². The molecular formula is C12H17I. The predicted molar refractivity (Wildman–Crippen MR) is 66.9 cm³/mol. The summed E-state index contributed by atoms with van der Waals surface area (Å²) in [5.41, 5.74) is 1.47. The molecule has 0 atom stereocenters. The largest absolute Gasteiger partial charge is 0.0628 e. The topological polar surface area (TPSA) is 0 Å². The van der Waals surface area contributed by atoms with Gasteiger partial charge in [-0.25, -0.2) is 0 Å². The van der Waals surface area contributed by atoms with Crippen LogP contribution in [-0.4, -0.2) is 0 Å². The highest BCUT2D eigenvalue weighted by Crippen LogP contribution is 2.11. The van der Waals surface area contributed by atoms with Gasteiger partial charge in [0, 0.05) is 3.57 Å². The molecular weight excluding hydrogens is 271 g/mol. The molecule has 1 rings (SSSR count). The van der Waals surface area contributed by atoms with Gasteiger partial charge in [0.2, 0.25) is 0 Å². The van der Waals surface area contributed by atoms with Crippen molar-refractivity contribution in [3.05, 3.63) is 33.4 Å². The SMILES string of the molecule is CC(C)CCCc1ccc(I)cc1. The van der Waals surface area contributed by atoms with Crippen LogP contribution in [0, 0.1) is 9.49 Å². The van der Waals surface area contributed by atoms with Gasteiger partial charge in [0.15, 0.2) is 0 Å². The Hall–Kier alpha value is -0.0500. The molecule has 13 heavy (non-hydrogen) atoms. The van der Waals surface area contributed by atoms with Crippen LogP contribution in [0.1, 0.15) is 32.3 Å². The molecule has 0 saturated heterocycles. The zero-order valence-corrected chi connectivity index (χ0v) is 10.5. The number of halogens is 1. The highest BCUT2D eigenvalue weighted by atomic mass is 127. The maximum atomic E-state index is 2.34. The molecule has 0 aliphatic carbocycles. The zero-order valence-electron chi connectivity index (χ0n) is 8.39. The summed E-state index contributed by atoms with van der Waals surface area (Å²) in [5.74, 6) is 0.837. The van der Waals surface area contributed by atoms with Crippen LogP contribution in [-0.2, 0) is 6.42 Å². The van der Waals surface area contributed by atoms with Gasteiger partial charge in [-0.05, 0) is 59.0 Å². The van der Waals surface area contributed by atoms with Crippen LogP contribution in [0.3, 0.4) is 0 Å². The fraction of sp³-hybridized carbons (Fsp3) is 0.500. The van der Waals surface area contributed by atoms with Gasteiger partial charge in [-0.2, -0.15) is 0 Å². The van der Waals surface area contributed by atoms with E-state index in [1.165, 1.54) is 28.4 Å². The molecule has 72 valence electrons. The Morgan fingerprint density at radius 3 is 2.31 bits per heavy atom. The van der Waals surface area contributed by atoms with Gasteiger partial charge >= 0.3 is 0 Å². The van der Waals surface area contributed by atoms with Crippen LogP contribution in [0.15, 0.2) is 24.3 Å². The Bertz CT molecular complexity index is 236. The molecule has 0 aromatic heterocycles. The number of rotatable bonds is 4. The minimum Gasteiger partial charge on any atom is -0.0628 e. The second-order valence-corrected chi connectivity index (χ2v) is 5.16. The lowest BCUT2D eigenvalue weighted by atomic mass is 10.0. The van der Waals surface area contributed by atoms with Gasteiger partial charge in [-0.15, -0.1) is 0 Å². The van der Waals surface area contributed by atoms with Gasteiger partial charge in [0.25, 0.3) is 0 Å². The van der Waals surface area contributed by atoms with E-state index in [0.29, 0.717) is 0 Å². The van der Waals surface area contributed by atoms with E-state index >= 15 is 0 Å². The maximum Gasteiger partial charge on any atom is 0.0130 e. The highest BCUT2D eigenvalue weighted by Gasteiger charge is 1.96. The first kappa shape index (κ1) is 11.0. The molecule has 0 spiro atoms. The smallest absolute Gasteiger partial charge is 0.0130 e. The van der Waals surface area contributed by atoms with Crippen molar-refractivity contribution in [3.63, 3.8) is 0 Å². The van der Waals surface area contributed by atoms with E-state index in [2.05, 4.69) is 60.7 Å². The molecule has 0 aliphatic rings. The number of aryl methyl sites for hydroxylation is 1. The molecule has 1 aromatic rings. The Morgan fingerprint density at radius 2 is 1.77 bits per heavy atom. The molecule has 1 heteroatoms. The lowest BCUT2D eigenvalue weighted by molar-refractivity contribution is 0.556.